The molecule has 3 rings (SSSR count). The van der Waals surface area contributed by atoms with E-state index in [1.54, 1.807) is 19.1 Å². The molecule has 0 spiro atoms. The average Bonchev–Trinajstić information content (AvgIpc) is 2.94. The Hall–Kier alpha value is -1.60. The first-order valence-corrected chi connectivity index (χ1v) is 8.27. The summed E-state index contributed by atoms with van der Waals surface area (Å²) in [4.78, 5) is 9.34. The maximum atomic E-state index is 13.0. The van der Waals surface area contributed by atoms with E-state index < -0.39 is 0 Å². The zero-order valence-electron chi connectivity index (χ0n) is 12.5. The molecular formula is C16H16ClFN2O2S. The molecule has 3 aromatic rings. The van der Waals surface area contributed by atoms with Crippen LogP contribution in [0.1, 0.15) is 12.7 Å². The van der Waals surface area contributed by atoms with Gasteiger partial charge in [0.25, 0.3) is 0 Å². The van der Waals surface area contributed by atoms with Crippen LogP contribution in [0.5, 0.6) is 0 Å². The number of halogens is 2. The van der Waals surface area contributed by atoms with Crippen molar-refractivity contribution in [1.29, 1.82) is 0 Å². The van der Waals surface area contributed by atoms with Crippen molar-refractivity contribution >= 4 is 33.2 Å². The van der Waals surface area contributed by atoms with E-state index >= 15 is 0 Å². The quantitative estimate of drug-likeness (QED) is 0.704. The lowest BCUT2D eigenvalue weighted by Crippen LogP contribution is -1.98. The fourth-order valence-electron chi connectivity index (χ4n) is 1.99. The van der Waals surface area contributed by atoms with Crippen LogP contribution in [0.4, 0.5) is 4.39 Å². The second kappa shape index (κ2) is 8.31. The van der Waals surface area contributed by atoms with Gasteiger partial charge in [-0.2, -0.15) is 0 Å². The first-order chi connectivity index (χ1) is 11.1. The molecule has 0 fully saturated rings. The van der Waals surface area contributed by atoms with Crippen molar-refractivity contribution in [2.75, 3.05) is 13.2 Å². The van der Waals surface area contributed by atoms with Gasteiger partial charge in [0.1, 0.15) is 21.6 Å². The topological polar surface area (TPSA) is 66.2 Å². The van der Waals surface area contributed by atoms with Gasteiger partial charge in [-0.1, -0.05) is 23.7 Å². The molecule has 122 valence electrons. The molecule has 0 saturated carbocycles. The van der Waals surface area contributed by atoms with Crippen LogP contribution in [-0.2, 0) is 6.42 Å². The van der Waals surface area contributed by atoms with Gasteiger partial charge in [-0.3, -0.25) is 0 Å². The third kappa shape index (κ3) is 4.23. The Morgan fingerprint density at radius 1 is 1.17 bits per heavy atom. The highest BCUT2D eigenvalue weighted by atomic mass is 35.5. The van der Waals surface area contributed by atoms with E-state index in [2.05, 4.69) is 9.97 Å². The lowest BCUT2D eigenvalue weighted by molar-refractivity contribution is 0.297. The number of aliphatic hydroxyl groups excluding tert-OH is 2. The molecule has 0 aliphatic carbocycles. The van der Waals surface area contributed by atoms with Crippen molar-refractivity contribution in [2.45, 2.75) is 13.3 Å². The van der Waals surface area contributed by atoms with Crippen molar-refractivity contribution < 1.29 is 14.6 Å². The van der Waals surface area contributed by atoms with Crippen molar-refractivity contribution in [1.82, 2.24) is 9.97 Å². The maximum Gasteiger partial charge on any atom is 0.142 e. The number of fused-ring (bicyclic) bond motifs is 1. The lowest BCUT2D eigenvalue weighted by atomic mass is 10.1. The number of aliphatic hydroxyl groups is 2. The summed E-state index contributed by atoms with van der Waals surface area (Å²) in [7, 11) is 0. The Kier molecular flexibility index (Phi) is 6.41. The van der Waals surface area contributed by atoms with Crippen molar-refractivity contribution in [3.8, 4) is 11.1 Å². The molecule has 2 heterocycles. The summed E-state index contributed by atoms with van der Waals surface area (Å²) in [6, 6.07) is 6.23. The monoisotopic (exact) mass is 354 g/mol. The fourth-order valence-corrected chi connectivity index (χ4v) is 3.31. The van der Waals surface area contributed by atoms with Gasteiger partial charge in [0.15, 0.2) is 0 Å². The number of nitrogens with zero attached hydrogens (tertiary/aromatic N) is 2. The van der Waals surface area contributed by atoms with Gasteiger partial charge < -0.3 is 10.2 Å². The van der Waals surface area contributed by atoms with Crippen molar-refractivity contribution in [3.05, 3.63) is 46.4 Å². The average molecular weight is 355 g/mol. The summed E-state index contributed by atoms with van der Waals surface area (Å²) >= 11 is 7.68. The fraction of sp³-hybridized carbons (Fsp3) is 0.250. The molecule has 23 heavy (non-hydrogen) atoms. The molecule has 0 unspecified atom stereocenters. The van der Waals surface area contributed by atoms with Crippen LogP contribution in [0.25, 0.3) is 21.3 Å². The van der Waals surface area contributed by atoms with Crippen LogP contribution in [0, 0.1) is 5.82 Å². The van der Waals surface area contributed by atoms with Gasteiger partial charge in [0.2, 0.25) is 0 Å². The van der Waals surface area contributed by atoms with Gasteiger partial charge in [0, 0.05) is 24.0 Å². The number of thiophene rings is 1. The summed E-state index contributed by atoms with van der Waals surface area (Å²) in [6.07, 6.45) is 0.374. The van der Waals surface area contributed by atoms with Crippen LogP contribution in [0.2, 0.25) is 5.15 Å². The third-order valence-electron chi connectivity index (χ3n) is 2.93. The molecule has 7 heteroatoms. The molecule has 0 aliphatic heterocycles. The molecule has 0 amide bonds. The summed E-state index contributed by atoms with van der Waals surface area (Å²) in [5.74, 6) is 0.248. The second-order valence-corrected chi connectivity index (χ2v) is 5.77. The van der Waals surface area contributed by atoms with Gasteiger partial charge in [0.05, 0.1) is 12.0 Å². The standard InChI is InChI=1S/C14H10ClFN2OS.C2H6O/c15-13-12-10(8-1-3-9(16)4-2-8)7-20-14(12)18-11(17-13)5-6-19;1-2-3/h1-4,7,19H,5-6H2;3H,2H2,1H3. The van der Waals surface area contributed by atoms with Crippen molar-refractivity contribution in [3.63, 3.8) is 0 Å². The van der Waals surface area contributed by atoms with E-state index in [0.717, 1.165) is 21.3 Å². The molecule has 2 N–H and O–H groups in total. The van der Waals surface area contributed by atoms with Crippen molar-refractivity contribution in [2.24, 2.45) is 0 Å². The van der Waals surface area contributed by atoms with E-state index in [-0.39, 0.29) is 19.0 Å². The van der Waals surface area contributed by atoms with Gasteiger partial charge in [-0.05, 0) is 24.6 Å². The number of aromatic nitrogens is 2. The molecule has 0 aliphatic rings. The molecule has 0 atom stereocenters. The highest BCUT2D eigenvalue weighted by Gasteiger charge is 2.14. The summed E-state index contributed by atoms with van der Waals surface area (Å²) < 4.78 is 13.0. The molecule has 0 radical (unpaired) electrons. The summed E-state index contributed by atoms with van der Waals surface area (Å²) in [5.41, 5.74) is 1.77. The Morgan fingerprint density at radius 2 is 1.83 bits per heavy atom. The first kappa shape index (κ1) is 17.7. The van der Waals surface area contributed by atoms with Gasteiger partial charge in [-0.25, -0.2) is 14.4 Å². The molecule has 0 saturated heterocycles. The van der Waals surface area contributed by atoms with Crippen LogP contribution in [0.15, 0.2) is 29.6 Å². The Bertz CT molecular complexity index is 778. The highest BCUT2D eigenvalue weighted by molar-refractivity contribution is 7.17. The van der Waals surface area contributed by atoms with E-state index in [1.165, 1.54) is 23.5 Å². The minimum absolute atomic E-state index is 0.0158. The molecular weight excluding hydrogens is 339 g/mol. The van der Waals surface area contributed by atoms with E-state index in [4.69, 9.17) is 21.8 Å². The number of benzene rings is 1. The first-order valence-electron chi connectivity index (χ1n) is 7.02. The SMILES string of the molecule is CCO.OCCc1nc(Cl)c2c(-c3ccc(F)cc3)csc2n1. The Balaban J connectivity index is 0.000000595. The van der Waals surface area contributed by atoms with E-state index in [9.17, 15) is 4.39 Å². The predicted octanol–water partition coefficient (Wildman–Crippen LogP) is 3.68. The number of rotatable bonds is 3. The summed E-state index contributed by atoms with van der Waals surface area (Å²) in [6.45, 7) is 1.91. The largest absolute Gasteiger partial charge is 0.397 e. The number of hydrogen-bond donors (Lipinski definition) is 2. The Morgan fingerprint density at radius 3 is 2.43 bits per heavy atom. The minimum atomic E-state index is -0.277. The molecule has 4 nitrogen and oxygen atoms in total. The van der Waals surface area contributed by atoms with E-state index in [0.29, 0.717) is 17.4 Å². The second-order valence-electron chi connectivity index (χ2n) is 4.56. The molecule has 0 bridgehead atoms. The van der Waals surface area contributed by atoms with Crippen LogP contribution >= 0.6 is 22.9 Å². The molecule has 1 aromatic carbocycles. The summed E-state index contributed by atoms with van der Waals surface area (Å²) in [5, 5.41) is 19.6. The van der Waals surface area contributed by atoms with Crippen LogP contribution in [0.3, 0.4) is 0 Å². The zero-order valence-corrected chi connectivity index (χ0v) is 14.0. The van der Waals surface area contributed by atoms with E-state index in [1.807, 2.05) is 5.38 Å². The van der Waals surface area contributed by atoms with Gasteiger partial charge >= 0.3 is 0 Å². The normalized spacial score (nSPS) is 10.5. The lowest BCUT2D eigenvalue weighted by Gasteiger charge is -2.03. The maximum absolute atomic E-state index is 13.0. The minimum Gasteiger partial charge on any atom is -0.397 e. The third-order valence-corrected chi connectivity index (χ3v) is 4.07. The van der Waals surface area contributed by atoms with Gasteiger partial charge in [-0.15, -0.1) is 11.3 Å². The smallest absolute Gasteiger partial charge is 0.142 e. The predicted molar refractivity (Wildman–Crippen MR) is 91.4 cm³/mol. The van der Waals surface area contributed by atoms with Crippen LogP contribution in [-0.4, -0.2) is 33.4 Å². The number of hydrogen-bond acceptors (Lipinski definition) is 5. The Labute approximate surface area is 142 Å². The van der Waals surface area contributed by atoms with Crippen LogP contribution < -0.4 is 0 Å². The molecule has 2 aromatic heterocycles. The highest BCUT2D eigenvalue weighted by Crippen LogP contribution is 2.36. The zero-order chi connectivity index (χ0) is 16.8.